The summed E-state index contributed by atoms with van der Waals surface area (Å²) in [5.41, 5.74) is 1.94. The van der Waals surface area contributed by atoms with Crippen LogP contribution in [-0.4, -0.2) is 32.2 Å². The minimum atomic E-state index is -0.194. The van der Waals surface area contributed by atoms with Gasteiger partial charge in [-0.15, -0.1) is 0 Å². The highest BCUT2D eigenvalue weighted by Gasteiger charge is 2.09. The monoisotopic (exact) mass is 328 g/mol. The zero-order valence-corrected chi connectivity index (χ0v) is 14.1. The second-order valence-corrected chi connectivity index (χ2v) is 5.19. The van der Waals surface area contributed by atoms with Gasteiger partial charge in [0.1, 0.15) is 11.5 Å². The van der Waals surface area contributed by atoms with Crippen LogP contribution < -0.4 is 14.2 Å². The van der Waals surface area contributed by atoms with Gasteiger partial charge in [0.05, 0.1) is 21.3 Å². The summed E-state index contributed by atoms with van der Waals surface area (Å²) in [6, 6.07) is 8.36. The third kappa shape index (κ3) is 3.87. The van der Waals surface area contributed by atoms with Crippen LogP contribution in [0.1, 0.15) is 21.5 Å². The first kappa shape index (κ1) is 17.4. The normalized spacial score (nSPS) is 10.7. The molecule has 0 amide bonds. The molecule has 126 valence electrons. The van der Waals surface area contributed by atoms with Crippen LogP contribution in [0.5, 0.6) is 23.0 Å². The summed E-state index contributed by atoms with van der Waals surface area (Å²) >= 11 is 0. The molecule has 0 aliphatic rings. The zero-order chi connectivity index (χ0) is 17.7. The molecule has 0 aliphatic carbocycles. The molecule has 0 saturated carbocycles. The smallest absolute Gasteiger partial charge is 0.186 e. The van der Waals surface area contributed by atoms with Gasteiger partial charge in [0.2, 0.25) is 0 Å². The van der Waals surface area contributed by atoms with Crippen LogP contribution in [-0.2, 0) is 0 Å². The Morgan fingerprint density at radius 2 is 1.58 bits per heavy atom. The van der Waals surface area contributed by atoms with E-state index in [1.807, 2.05) is 13.0 Å². The van der Waals surface area contributed by atoms with Gasteiger partial charge in [-0.2, -0.15) is 0 Å². The molecule has 0 unspecified atom stereocenters. The molecule has 0 aliphatic heterocycles. The van der Waals surface area contributed by atoms with Gasteiger partial charge in [0, 0.05) is 11.6 Å². The van der Waals surface area contributed by atoms with E-state index in [0.29, 0.717) is 28.4 Å². The lowest BCUT2D eigenvalue weighted by Gasteiger charge is -2.08. The van der Waals surface area contributed by atoms with Crippen molar-refractivity contribution in [2.24, 2.45) is 0 Å². The number of carbonyl (C=O) groups excluding carboxylic acids is 1. The van der Waals surface area contributed by atoms with Crippen molar-refractivity contribution in [3.05, 3.63) is 53.1 Å². The van der Waals surface area contributed by atoms with Crippen molar-refractivity contribution >= 4 is 11.9 Å². The average Bonchev–Trinajstić information content (AvgIpc) is 2.58. The Hall–Kier alpha value is -2.95. The zero-order valence-electron chi connectivity index (χ0n) is 14.1. The number of hydrogen-bond donors (Lipinski definition) is 1. The van der Waals surface area contributed by atoms with Crippen molar-refractivity contribution in [1.29, 1.82) is 0 Å². The second kappa shape index (κ2) is 7.55. The molecular weight excluding hydrogens is 308 g/mol. The maximum atomic E-state index is 12.4. The Bertz CT molecular complexity index is 732. The maximum Gasteiger partial charge on any atom is 0.186 e. The van der Waals surface area contributed by atoms with Crippen LogP contribution in [0.15, 0.2) is 36.4 Å². The van der Waals surface area contributed by atoms with Crippen molar-refractivity contribution in [2.45, 2.75) is 6.92 Å². The first-order valence-corrected chi connectivity index (χ1v) is 7.31. The van der Waals surface area contributed by atoms with E-state index < -0.39 is 0 Å². The number of phenols is 1. The molecule has 1 N–H and O–H groups in total. The quantitative estimate of drug-likeness (QED) is 0.648. The third-order valence-corrected chi connectivity index (χ3v) is 3.54. The molecule has 2 rings (SSSR count). The molecule has 5 heteroatoms. The van der Waals surface area contributed by atoms with Gasteiger partial charge >= 0.3 is 0 Å². The van der Waals surface area contributed by atoms with Crippen LogP contribution in [0.3, 0.4) is 0 Å². The fourth-order valence-electron chi connectivity index (χ4n) is 2.36. The number of ketones is 1. The Morgan fingerprint density at radius 3 is 2.08 bits per heavy atom. The van der Waals surface area contributed by atoms with Crippen molar-refractivity contribution in [3.8, 4) is 23.0 Å². The van der Waals surface area contributed by atoms with E-state index >= 15 is 0 Å². The van der Waals surface area contributed by atoms with Crippen LogP contribution in [0.25, 0.3) is 6.08 Å². The van der Waals surface area contributed by atoms with Crippen molar-refractivity contribution in [2.75, 3.05) is 21.3 Å². The summed E-state index contributed by atoms with van der Waals surface area (Å²) < 4.78 is 15.4. The molecule has 0 atom stereocenters. The molecule has 0 radical (unpaired) electrons. The van der Waals surface area contributed by atoms with E-state index in [4.69, 9.17) is 14.2 Å². The topological polar surface area (TPSA) is 65.0 Å². The number of carbonyl (C=O) groups is 1. The molecule has 0 heterocycles. The summed E-state index contributed by atoms with van der Waals surface area (Å²) in [4.78, 5) is 12.4. The summed E-state index contributed by atoms with van der Waals surface area (Å²) in [7, 11) is 4.56. The fraction of sp³-hybridized carbons (Fsp3) is 0.211. The molecule has 5 nitrogen and oxygen atoms in total. The Balaban J connectivity index is 2.28. The highest BCUT2D eigenvalue weighted by atomic mass is 16.5. The van der Waals surface area contributed by atoms with E-state index in [1.54, 1.807) is 30.3 Å². The van der Waals surface area contributed by atoms with Crippen LogP contribution >= 0.6 is 0 Å². The summed E-state index contributed by atoms with van der Waals surface area (Å²) in [6.45, 7) is 1.82. The van der Waals surface area contributed by atoms with E-state index in [-0.39, 0.29) is 11.5 Å². The number of aryl methyl sites for hydroxylation is 1. The van der Waals surface area contributed by atoms with Gasteiger partial charge in [-0.05, 0) is 48.4 Å². The highest BCUT2D eigenvalue weighted by Crippen LogP contribution is 2.31. The number of benzene rings is 2. The molecule has 2 aromatic carbocycles. The van der Waals surface area contributed by atoms with Crippen LogP contribution in [0.4, 0.5) is 0 Å². The number of phenolic OH excluding ortho intramolecular Hbond substituents is 1. The molecule has 0 saturated heterocycles. The van der Waals surface area contributed by atoms with Gasteiger partial charge < -0.3 is 19.3 Å². The van der Waals surface area contributed by atoms with Crippen molar-refractivity contribution < 1.29 is 24.1 Å². The summed E-state index contributed by atoms with van der Waals surface area (Å²) in [5, 5.41) is 9.91. The lowest BCUT2D eigenvalue weighted by atomic mass is 10.1. The minimum Gasteiger partial charge on any atom is -0.504 e. The summed E-state index contributed by atoms with van der Waals surface area (Å²) in [6.07, 6.45) is 3.08. The van der Waals surface area contributed by atoms with E-state index in [1.165, 1.54) is 27.4 Å². The predicted octanol–water partition coefficient (Wildman–Crippen LogP) is 3.62. The first-order chi connectivity index (χ1) is 11.5. The Morgan fingerprint density at radius 1 is 0.958 bits per heavy atom. The SMILES string of the molecule is COc1cc(OC)cc(C(=O)/C=C/c2cc(C)c(OC)c(O)c2)c1. The number of methoxy groups -OCH3 is 3. The van der Waals surface area contributed by atoms with E-state index in [0.717, 1.165) is 5.56 Å². The Labute approximate surface area is 141 Å². The molecule has 0 bridgehead atoms. The van der Waals surface area contributed by atoms with Crippen molar-refractivity contribution in [1.82, 2.24) is 0 Å². The molecule has 0 aromatic heterocycles. The fourth-order valence-corrected chi connectivity index (χ4v) is 2.36. The first-order valence-electron chi connectivity index (χ1n) is 7.31. The number of ether oxygens (including phenoxy) is 3. The van der Waals surface area contributed by atoms with Gasteiger partial charge in [-0.25, -0.2) is 0 Å². The highest BCUT2D eigenvalue weighted by molar-refractivity contribution is 6.07. The molecule has 0 fully saturated rings. The molecule has 0 spiro atoms. The minimum absolute atomic E-state index is 0.0349. The lowest BCUT2D eigenvalue weighted by molar-refractivity contribution is 0.104. The van der Waals surface area contributed by atoms with Crippen LogP contribution in [0, 0.1) is 6.92 Å². The number of rotatable bonds is 6. The third-order valence-electron chi connectivity index (χ3n) is 3.54. The van der Waals surface area contributed by atoms with Gasteiger partial charge in [0.25, 0.3) is 0 Å². The van der Waals surface area contributed by atoms with Crippen LogP contribution in [0.2, 0.25) is 0 Å². The Kier molecular flexibility index (Phi) is 5.47. The second-order valence-electron chi connectivity index (χ2n) is 5.19. The molecular formula is C19H20O5. The molecule has 2 aromatic rings. The number of hydrogen-bond acceptors (Lipinski definition) is 5. The van der Waals surface area contributed by atoms with E-state index in [9.17, 15) is 9.90 Å². The van der Waals surface area contributed by atoms with Crippen molar-refractivity contribution in [3.63, 3.8) is 0 Å². The largest absolute Gasteiger partial charge is 0.504 e. The summed E-state index contributed by atoms with van der Waals surface area (Å²) in [5.74, 6) is 1.36. The van der Waals surface area contributed by atoms with Gasteiger partial charge in [0.15, 0.2) is 17.3 Å². The number of aromatic hydroxyl groups is 1. The predicted molar refractivity (Wildman–Crippen MR) is 92.3 cm³/mol. The van der Waals surface area contributed by atoms with Gasteiger partial charge in [-0.3, -0.25) is 4.79 Å². The number of allylic oxidation sites excluding steroid dienone is 1. The average molecular weight is 328 g/mol. The lowest BCUT2D eigenvalue weighted by Crippen LogP contribution is -1.97. The standard InChI is InChI=1S/C19H20O5/c1-12-7-13(8-18(21)19(12)24-4)5-6-17(20)14-9-15(22-2)11-16(10-14)23-3/h5-11,21H,1-4H3/b6-5+. The molecule has 24 heavy (non-hydrogen) atoms. The van der Waals surface area contributed by atoms with Gasteiger partial charge in [-0.1, -0.05) is 6.08 Å². The van der Waals surface area contributed by atoms with E-state index in [2.05, 4.69) is 0 Å². The maximum absolute atomic E-state index is 12.4.